The number of aromatic nitrogens is 2. The van der Waals surface area contributed by atoms with Gasteiger partial charge in [-0.05, 0) is 20.5 Å². The summed E-state index contributed by atoms with van der Waals surface area (Å²) >= 11 is 0. The highest BCUT2D eigenvalue weighted by Gasteiger charge is 2.01. The van der Waals surface area contributed by atoms with Crippen LogP contribution in [0.4, 0.5) is 0 Å². The Morgan fingerprint density at radius 1 is 1.53 bits per heavy atom. The van der Waals surface area contributed by atoms with E-state index in [9.17, 15) is 0 Å². The normalized spacial score (nSPS) is 11.3. The molecule has 0 aliphatic rings. The van der Waals surface area contributed by atoms with Crippen molar-refractivity contribution in [3.8, 4) is 0 Å². The summed E-state index contributed by atoms with van der Waals surface area (Å²) in [6.45, 7) is 8.36. The molecule has 0 fully saturated rings. The van der Waals surface area contributed by atoms with Gasteiger partial charge in [0.25, 0.3) is 0 Å². The lowest BCUT2D eigenvalue weighted by atomic mass is 10.2. The Labute approximate surface area is 92.3 Å². The second-order valence-electron chi connectivity index (χ2n) is 3.99. The monoisotopic (exact) mass is 210 g/mol. The Morgan fingerprint density at radius 2 is 2.27 bits per heavy atom. The van der Waals surface area contributed by atoms with Crippen LogP contribution in [0.2, 0.25) is 0 Å². The van der Waals surface area contributed by atoms with Gasteiger partial charge in [0.1, 0.15) is 0 Å². The lowest BCUT2D eigenvalue weighted by molar-refractivity contribution is 0.349. The summed E-state index contributed by atoms with van der Waals surface area (Å²) in [5.41, 5.74) is 2.41. The maximum atomic E-state index is 4.31. The number of nitrogens with one attached hydrogen (secondary N) is 1. The molecule has 0 atom stereocenters. The molecule has 0 saturated carbocycles. The van der Waals surface area contributed by atoms with Gasteiger partial charge in [-0.15, -0.1) is 0 Å². The quantitative estimate of drug-likeness (QED) is 0.704. The molecule has 0 unspecified atom stereocenters. The van der Waals surface area contributed by atoms with Crippen LogP contribution in [0, 0.1) is 6.92 Å². The second kappa shape index (κ2) is 5.88. The SMILES string of the molecule is CCN(C)CCNCc1cn(C)nc1C. The number of aryl methyl sites for hydroxylation is 2. The molecular formula is C11H22N4. The van der Waals surface area contributed by atoms with Crippen LogP contribution >= 0.6 is 0 Å². The van der Waals surface area contributed by atoms with E-state index < -0.39 is 0 Å². The lowest BCUT2D eigenvalue weighted by Crippen LogP contribution is -2.28. The molecule has 1 rings (SSSR count). The Kier molecular flexibility index (Phi) is 4.78. The Bertz CT molecular complexity index is 293. The standard InChI is InChI=1S/C11H22N4/c1-5-14(3)7-6-12-8-11-9-15(4)13-10(11)2/h9,12H,5-8H2,1-4H3. The molecule has 0 aromatic carbocycles. The summed E-state index contributed by atoms with van der Waals surface area (Å²) < 4.78 is 1.87. The molecule has 0 radical (unpaired) electrons. The zero-order chi connectivity index (χ0) is 11.3. The third-order valence-electron chi connectivity index (χ3n) is 2.64. The largest absolute Gasteiger partial charge is 0.311 e. The molecule has 0 aliphatic carbocycles. The van der Waals surface area contributed by atoms with Crippen LogP contribution in [0.5, 0.6) is 0 Å². The van der Waals surface area contributed by atoms with Gasteiger partial charge in [-0.1, -0.05) is 6.92 Å². The molecule has 4 heteroatoms. The Hall–Kier alpha value is -0.870. The van der Waals surface area contributed by atoms with E-state index in [0.717, 1.165) is 31.9 Å². The van der Waals surface area contributed by atoms with Gasteiger partial charge in [-0.2, -0.15) is 5.10 Å². The van der Waals surface area contributed by atoms with Gasteiger partial charge in [0.05, 0.1) is 5.69 Å². The van der Waals surface area contributed by atoms with Crippen molar-refractivity contribution < 1.29 is 0 Å². The van der Waals surface area contributed by atoms with E-state index in [-0.39, 0.29) is 0 Å². The third kappa shape index (κ3) is 4.01. The van der Waals surface area contributed by atoms with Crippen LogP contribution in [0.3, 0.4) is 0 Å². The summed E-state index contributed by atoms with van der Waals surface area (Å²) in [7, 11) is 4.10. The van der Waals surface area contributed by atoms with Gasteiger partial charge in [-0.25, -0.2) is 0 Å². The van der Waals surface area contributed by atoms with Crippen LogP contribution in [-0.2, 0) is 13.6 Å². The molecule has 0 aliphatic heterocycles. The molecule has 1 aromatic rings. The fourth-order valence-corrected chi connectivity index (χ4v) is 1.47. The number of rotatable bonds is 6. The van der Waals surface area contributed by atoms with Gasteiger partial charge in [-0.3, -0.25) is 4.68 Å². The van der Waals surface area contributed by atoms with E-state index in [1.807, 2.05) is 11.7 Å². The topological polar surface area (TPSA) is 33.1 Å². The average molecular weight is 210 g/mol. The zero-order valence-electron chi connectivity index (χ0n) is 10.2. The van der Waals surface area contributed by atoms with Crippen molar-refractivity contribution in [1.82, 2.24) is 20.0 Å². The maximum absolute atomic E-state index is 4.31. The third-order valence-corrected chi connectivity index (χ3v) is 2.64. The predicted molar refractivity (Wildman–Crippen MR) is 62.8 cm³/mol. The molecule has 1 heterocycles. The van der Waals surface area contributed by atoms with Crippen molar-refractivity contribution in [3.63, 3.8) is 0 Å². The fourth-order valence-electron chi connectivity index (χ4n) is 1.47. The van der Waals surface area contributed by atoms with Crippen LogP contribution in [0.25, 0.3) is 0 Å². The van der Waals surface area contributed by atoms with Gasteiger partial charge in [0.2, 0.25) is 0 Å². The second-order valence-corrected chi connectivity index (χ2v) is 3.99. The van der Waals surface area contributed by atoms with Gasteiger partial charge >= 0.3 is 0 Å². The predicted octanol–water partition coefficient (Wildman–Crippen LogP) is 0.770. The number of likely N-dealkylation sites (N-methyl/N-ethyl adjacent to an activating group) is 1. The van der Waals surface area contributed by atoms with Crippen LogP contribution in [0.15, 0.2) is 6.20 Å². The molecule has 4 nitrogen and oxygen atoms in total. The molecule has 86 valence electrons. The van der Waals surface area contributed by atoms with Crippen molar-refractivity contribution in [2.75, 3.05) is 26.7 Å². The first-order chi connectivity index (χ1) is 7.13. The van der Waals surface area contributed by atoms with E-state index in [2.05, 4.69) is 42.4 Å². The highest BCUT2D eigenvalue weighted by atomic mass is 15.3. The minimum atomic E-state index is 0.914. The summed E-state index contributed by atoms with van der Waals surface area (Å²) in [6, 6.07) is 0. The van der Waals surface area contributed by atoms with E-state index in [0.29, 0.717) is 0 Å². The fraction of sp³-hybridized carbons (Fsp3) is 0.727. The Morgan fingerprint density at radius 3 is 2.80 bits per heavy atom. The minimum absolute atomic E-state index is 0.914. The number of hydrogen-bond acceptors (Lipinski definition) is 3. The molecule has 0 saturated heterocycles. The van der Waals surface area contributed by atoms with Gasteiger partial charge in [0.15, 0.2) is 0 Å². The molecule has 0 bridgehead atoms. The van der Waals surface area contributed by atoms with E-state index in [4.69, 9.17) is 0 Å². The van der Waals surface area contributed by atoms with Crippen molar-refractivity contribution in [2.24, 2.45) is 7.05 Å². The summed E-state index contributed by atoms with van der Waals surface area (Å²) in [4.78, 5) is 2.29. The first-order valence-corrected chi connectivity index (χ1v) is 5.52. The summed E-state index contributed by atoms with van der Waals surface area (Å²) in [5, 5.41) is 7.73. The Balaban J connectivity index is 2.23. The summed E-state index contributed by atoms with van der Waals surface area (Å²) in [5.74, 6) is 0. The number of hydrogen-bond donors (Lipinski definition) is 1. The first-order valence-electron chi connectivity index (χ1n) is 5.52. The zero-order valence-corrected chi connectivity index (χ0v) is 10.2. The van der Waals surface area contributed by atoms with Crippen molar-refractivity contribution >= 4 is 0 Å². The van der Waals surface area contributed by atoms with Crippen LogP contribution in [0.1, 0.15) is 18.2 Å². The maximum Gasteiger partial charge on any atom is 0.0638 e. The van der Waals surface area contributed by atoms with Crippen LogP contribution in [-0.4, -0.2) is 41.4 Å². The molecule has 0 amide bonds. The van der Waals surface area contributed by atoms with Gasteiger partial charge in [0, 0.05) is 38.4 Å². The average Bonchev–Trinajstić information content (AvgIpc) is 2.52. The number of nitrogens with zero attached hydrogens (tertiary/aromatic N) is 3. The minimum Gasteiger partial charge on any atom is -0.311 e. The van der Waals surface area contributed by atoms with E-state index in [1.165, 1.54) is 5.56 Å². The van der Waals surface area contributed by atoms with Crippen molar-refractivity contribution in [3.05, 3.63) is 17.5 Å². The molecule has 15 heavy (non-hydrogen) atoms. The molecular weight excluding hydrogens is 188 g/mol. The van der Waals surface area contributed by atoms with Crippen molar-refractivity contribution in [2.45, 2.75) is 20.4 Å². The molecule has 0 spiro atoms. The van der Waals surface area contributed by atoms with E-state index in [1.54, 1.807) is 0 Å². The lowest BCUT2D eigenvalue weighted by Gasteiger charge is -2.13. The van der Waals surface area contributed by atoms with E-state index >= 15 is 0 Å². The van der Waals surface area contributed by atoms with Crippen molar-refractivity contribution in [1.29, 1.82) is 0 Å². The highest BCUT2D eigenvalue weighted by molar-refractivity contribution is 5.14. The van der Waals surface area contributed by atoms with Gasteiger partial charge < -0.3 is 10.2 Å². The molecule has 1 aromatic heterocycles. The van der Waals surface area contributed by atoms with Crippen LogP contribution < -0.4 is 5.32 Å². The highest BCUT2D eigenvalue weighted by Crippen LogP contribution is 2.03. The smallest absolute Gasteiger partial charge is 0.0638 e. The summed E-state index contributed by atoms with van der Waals surface area (Å²) in [6.07, 6.45) is 2.08. The first kappa shape index (κ1) is 12.2. The molecule has 1 N–H and O–H groups in total.